The fourth-order valence-electron chi connectivity index (χ4n) is 4.10. The lowest BCUT2D eigenvalue weighted by Gasteiger charge is -2.31. The van der Waals surface area contributed by atoms with Crippen LogP contribution < -0.4 is 9.62 Å². The Morgan fingerprint density at radius 2 is 1.36 bits per heavy atom. The lowest BCUT2D eigenvalue weighted by molar-refractivity contribution is -0.141. The molecular formula is C28H33N3O4S. The van der Waals surface area contributed by atoms with Gasteiger partial charge in [0, 0.05) is 33.0 Å². The van der Waals surface area contributed by atoms with Crippen molar-refractivity contribution in [2.24, 2.45) is 0 Å². The van der Waals surface area contributed by atoms with Gasteiger partial charge in [-0.25, -0.2) is 8.42 Å². The van der Waals surface area contributed by atoms with Crippen molar-refractivity contribution < 1.29 is 18.0 Å². The zero-order valence-corrected chi connectivity index (χ0v) is 21.5. The summed E-state index contributed by atoms with van der Waals surface area (Å²) in [7, 11) is -1.95. The van der Waals surface area contributed by atoms with Gasteiger partial charge in [0.15, 0.2) is 0 Å². The number of benzene rings is 3. The summed E-state index contributed by atoms with van der Waals surface area (Å²) < 4.78 is 26.1. The second-order valence-corrected chi connectivity index (χ2v) is 10.5. The third kappa shape index (κ3) is 7.68. The average molecular weight is 508 g/mol. The van der Waals surface area contributed by atoms with E-state index < -0.39 is 16.1 Å². The lowest BCUT2D eigenvalue weighted by Crippen LogP contribution is -2.49. The van der Waals surface area contributed by atoms with Crippen LogP contribution in [-0.4, -0.2) is 51.0 Å². The van der Waals surface area contributed by atoms with Gasteiger partial charge in [-0.3, -0.25) is 13.9 Å². The van der Waals surface area contributed by atoms with Crippen LogP contribution in [0, 0.1) is 0 Å². The lowest BCUT2D eigenvalue weighted by atomic mass is 10.0. The number of nitrogens with zero attached hydrogens (tertiary/aromatic N) is 2. The molecule has 0 fully saturated rings. The molecule has 7 nitrogen and oxygen atoms in total. The molecule has 0 aliphatic carbocycles. The summed E-state index contributed by atoms with van der Waals surface area (Å²) in [6.07, 6.45) is 1.95. The van der Waals surface area contributed by atoms with Crippen LogP contribution in [0.25, 0.3) is 0 Å². The summed E-state index contributed by atoms with van der Waals surface area (Å²) in [6.45, 7) is 0.441. The van der Waals surface area contributed by atoms with E-state index in [2.05, 4.69) is 5.32 Å². The number of rotatable bonds is 12. The molecule has 190 valence electrons. The minimum absolute atomic E-state index is 0.105. The maximum Gasteiger partial charge on any atom is 0.242 e. The van der Waals surface area contributed by atoms with E-state index in [1.165, 1.54) is 4.31 Å². The molecule has 2 amide bonds. The third-order valence-corrected chi connectivity index (χ3v) is 7.10. The van der Waals surface area contributed by atoms with Gasteiger partial charge in [-0.1, -0.05) is 78.9 Å². The molecular weight excluding hydrogens is 474 g/mol. The van der Waals surface area contributed by atoms with E-state index in [9.17, 15) is 18.0 Å². The minimum atomic E-state index is -3.51. The number of anilines is 1. The molecule has 3 aromatic rings. The van der Waals surface area contributed by atoms with Gasteiger partial charge in [0.05, 0.1) is 11.9 Å². The number of sulfonamides is 1. The smallest absolute Gasteiger partial charge is 0.242 e. The third-order valence-electron chi connectivity index (χ3n) is 5.91. The first kappa shape index (κ1) is 26.9. The van der Waals surface area contributed by atoms with Gasteiger partial charge in [-0.05, 0) is 29.7 Å². The first-order valence-electron chi connectivity index (χ1n) is 11.9. The Morgan fingerprint density at radius 3 is 1.89 bits per heavy atom. The predicted molar refractivity (Wildman–Crippen MR) is 143 cm³/mol. The molecule has 36 heavy (non-hydrogen) atoms. The van der Waals surface area contributed by atoms with Gasteiger partial charge < -0.3 is 10.2 Å². The van der Waals surface area contributed by atoms with Crippen LogP contribution in [0.15, 0.2) is 91.0 Å². The Hall–Kier alpha value is -3.65. The van der Waals surface area contributed by atoms with Crippen molar-refractivity contribution in [1.29, 1.82) is 0 Å². The summed E-state index contributed by atoms with van der Waals surface area (Å²) in [5, 5.41) is 2.70. The molecule has 0 aromatic heterocycles. The fourth-order valence-corrected chi connectivity index (χ4v) is 5.06. The molecule has 1 unspecified atom stereocenters. The number of hydrogen-bond donors (Lipinski definition) is 1. The van der Waals surface area contributed by atoms with E-state index in [0.29, 0.717) is 18.5 Å². The summed E-state index contributed by atoms with van der Waals surface area (Å²) in [6, 6.07) is 27.3. The van der Waals surface area contributed by atoms with Crippen molar-refractivity contribution in [2.75, 3.05) is 24.2 Å². The fraction of sp³-hybridized carbons (Fsp3) is 0.286. The Kier molecular flexibility index (Phi) is 9.64. The topological polar surface area (TPSA) is 86.8 Å². The predicted octanol–water partition coefficient (Wildman–Crippen LogP) is 3.62. The Balaban J connectivity index is 1.81. The van der Waals surface area contributed by atoms with E-state index >= 15 is 0 Å². The average Bonchev–Trinajstić information content (AvgIpc) is 2.89. The minimum Gasteiger partial charge on any atom is -0.357 e. The van der Waals surface area contributed by atoms with Crippen LogP contribution in [0.4, 0.5) is 5.69 Å². The standard InChI is InChI=1S/C28H33N3O4S/c1-29-28(33)26(21-23-13-6-3-7-14-23)30(22-24-15-8-4-9-16-24)27(32)19-12-20-31(36(2,34)35)25-17-10-5-11-18-25/h3-11,13-18,26H,12,19-22H2,1-2H3,(H,29,33). The van der Waals surface area contributed by atoms with Crippen molar-refractivity contribution >= 4 is 27.5 Å². The molecule has 0 aliphatic heterocycles. The van der Waals surface area contributed by atoms with Crippen LogP contribution in [0.1, 0.15) is 24.0 Å². The monoisotopic (exact) mass is 507 g/mol. The Bertz CT molecular complexity index is 1220. The molecule has 1 atom stereocenters. The molecule has 0 heterocycles. The van der Waals surface area contributed by atoms with Crippen LogP contribution in [0.5, 0.6) is 0 Å². The van der Waals surface area contributed by atoms with E-state index in [4.69, 9.17) is 0 Å². The van der Waals surface area contributed by atoms with Gasteiger partial charge in [0.1, 0.15) is 6.04 Å². The van der Waals surface area contributed by atoms with Gasteiger partial charge in [0.2, 0.25) is 21.8 Å². The van der Waals surface area contributed by atoms with Crippen LogP contribution in [0.3, 0.4) is 0 Å². The van der Waals surface area contributed by atoms with Crippen LogP contribution in [-0.2, 0) is 32.6 Å². The highest BCUT2D eigenvalue weighted by Gasteiger charge is 2.30. The molecule has 0 saturated heterocycles. The molecule has 3 aromatic carbocycles. The molecule has 0 spiro atoms. The van der Waals surface area contributed by atoms with Crippen molar-refractivity contribution in [2.45, 2.75) is 31.8 Å². The number of hydrogen-bond acceptors (Lipinski definition) is 4. The highest BCUT2D eigenvalue weighted by Crippen LogP contribution is 2.19. The van der Waals surface area contributed by atoms with Gasteiger partial charge in [-0.2, -0.15) is 0 Å². The van der Waals surface area contributed by atoms with Crippen molar-refractivity contribution in [3.8, 4) is 0 Å². The van der Waals surface area contributed by atoms with Gasteiger partial charge in [-0.15, -0.1) is 0 Å². The number of nitrogens with one attached hydrogen (secondary N) is 1. The number of amides is 2. The SMILES string of the molecule is CNC(=O)C(Cc1ccccc1)N(Cc1ccccc1)C(=O)CCCN(c1ccccc1)S(C)(=O)=O. The molecule has 0 radical (unpaired) electrons. The number of carbonyl (C=O) groups excluding carboxylic acids is 2. The maximum absolute atomic E-state index is 13.5. The van der Waals surface area contributed by atoms with E-state index in [1.807, 2.05) is 66.7 Å². The van der Waals surface area contributed by atoms with Crippen molar-refractivity contribution in [3.05, 3.63) is 102 Å². The second kappa shape index (κ2) is 12.9. The summed E-state index contributed by atoms with van der Waals surface area (Å²) >= 11 is 0. The molecule has 0 aliphatic rings. The molecule has 0 saturated carbocycles. The number of carbonyl (C=O) groups is 2. The van der Waals surface area contributed by atoms with Gasteiger partial charge in [0.25, 0.3) is 0 Å². The van der Waals surface area contributed by atoms with Crippen molar-refractivity contribution in [3.63, 3.8) is 0 Å². The van der Waals surface area contributed by atoms with Gasteiger partial charge >= 0.3 is 0 Å². The molecule has 3 rings (SSSR count). The van der Waals surface area contributed by atoms with E-state index in [1.54, 1.807) is 36.2 Å². The first-order chi connectivity index (χ1) is 17.3. The largest absolute Gasteiger partial charge is 0.357 e. The summed E-state index contributed by atoms with van der Waals surface area (Å²) in [5.41, 5.74) is 2.42. The Labute approximate surface area is 213 Å². The quantitative estimate of drug-likeness (QED) is 0.406. The number of para-hydroxylation sites is 1. The zero-order chi connectivity index (χ0) is 26.0. The summed E-state index contributed by atoms with van der Waals surface area (Å²) in [4.78, 5) is 28.1. The highest BCUT2D eigenvalue weighted by molar-refractivity contribution is 7.92. The zero-order valence-electron chi connectivity index (χ0n) is 20.7. The highest BCUT2D eigenvalue weighted by atomic mass is 32.2. The maximum atomic E-state index is 13.5. The molecule has 1 N–H and O–H groups in total. The number of likely N-dealkylation sites (N-methyl/N-ethyl adjacent to an activating group) is 1. The Morgan fingerprint density at radius 1 is 0.833 bits per heavy atom. The van der Waals surface area contributed by atoms with E-state index in [-0.39, 0.29) is 31.3 Å². The normalized spacial score (nSPS) is 11.9. The van der Waals surface area contributed by atoms with Crippen molar-refractivity contribution in [1.82, 2.24) is 10.2 Å². The first-order valence-corrected chi connectivity index (χ1v) is 13.8. The molecule has 8 heteroatoms. The van der Waals surface area contributed by atoms with E-state index in [0.717, 1.165) is 17.4 Å². The van der Waals surface area contributed by atoms with Crippen LogP contribution >= 0.6 is 0 Å². The summed E-state index contributed by atoms with van der Waals surface area (Å²) in [5.74, 6) is -0.449. The second-order valence-electron chi connectivity index (χ2n) is 8.60. The van der Waals surface area contributed by atoms with Crippen LogP contribution in [0.2, 0.25) is 0 Å². The molecule has 0 bridgehead atoms.